The van der Waals surface area contributed by atoms with Crippen LogP contribution in [0.4, 0.5) is 0 Å². The average molecular weight is 269 g/mol. The lowest BCUT2D eigenvalue weighted by molar-refractivity contribution is 0.692. The SMILES string of the molecule is N#CC(Br)CCCCCBr. The Bertz CT molecular complexity index is 109. The van der Waals surface area contributed by atoms with Crippen LogP contribution < -0.4 is 0 Å². The Hall–Kier alpha value is 0.450. The lowest BCUT2D eigenvalue weighted by Gasteiger charge is -1.98. The van der Waals surface area contributed by atoms with Crippen molar-refractivity contribution >= 4 is 31.9 Å². The molecule has 0 rings (SSSR count). The fraction of sp³-hybridized carbons (Fsp3) is 0.857. The van der Waals surface area contributed by atoms with Gasteiger partial charge in [0.25, 0.3) is 0 Å². The highest BCUT2D eigenvalue weighted by Crippen LogP contribution is 2.10. The van der Waals surface area contributed by atoms with Gasteiger partial charge in [0.05, 0.1) is 6.07 Å². The molecular formula is C7H11Br2N. The van der Waals surface area contributed by atoms with Crippen molar-refractivity contribution in [3.63, 3.8) is 0 Å². The van der Waals surface area contributed by atoms with E-state index in [4.69, 9.17) is 5.26 Å². The van der Waals surface area contributed by atoms with Gasteiger partial charge in [-0.1, -0.05) is 44.7 Å². The van der Waals surface area contributed by atoms with E-state index >= 15 is 0 Å². The highest BCUT2D eigenvalue weighted by Gasteiger charge is 1.99. The fourth-order valence-electron chi connectivity index (χ4n) is 0.659. The highest BCUT2D eigenvalue weighted by molar-refractivity contribution is 9.09. The molecule has 0 radical (unpaired) electrons. The monoisotopic (exact) mass is 267 g/mol. The minimum Gasteiger partial charge on any atom is -0.197 e. The first kappa shape index (κ1) is 10.4. The van der Waals surface area contributed by atoms with E-state index in [0.29, 0.717) is 0 Å². The predicted octanol–water partition coefficient (Wildman–Crippen LogP) is 3.23. The summed E-state index contributed by atoms with van der Waals surface area (Å²) in [5.41, 5.74) is 0. The number of halogens is 2. The lowest BCUT2D eigenvalue weighted by atomic mass is 10.2. The second kappa shape index (κ2) is 7.56. The molecule has 0 heterocycles. The van der Waals surface area contributed by atoms with Crippen LogP contribution in [0.3, 0.4) is 0 Å². The average Bonchev–Trinajstić information content (AvgIpc) is 1.98. The Kier molecular flexibility index (Phi) is 7.90. The van der Waals surface area contributed by atoms with Crippen molar-refractivity contribution in [1.82, 2.24) is 0 Å². The second-order valence-corrected chi connectivity index (χ2v) is 4.03. The van der Waals surface area contributed by atoms with E-state index in [1.54, 1.807) is 0 Å². The number of hydrogen-bond donors (Lipinski definition) is 0. The zero-order valence-corrected chi connectivity index (χ0v) is 8.99. The molecule has 0 saturated carbocycles. The summed E-state index contributed by atoms with van der Waals surface area (Å²) in [5, 5.41) is 9.46. The molecule has 0 bridgehead atoms. The lowest BCUT2D eigenvalue weighted by Crippen LogP contribution is -1.92. The van der Waals surface area contributed by atoms with Crippen LogP contribution in [0.5, 0.6) is 0 Å². The van der Waals surface area contributed by atoms with Gasteiger partial charge < -0.3 is 0 Å². The number of hydrogen-bond acceptors (Lipinski definition) is 1. The van der Waals surface area contributed by atoms with Gasteiger partial charge in [-0.05, 0) is 12.8 Å². The predicted molar refractivity (Wildman–Crippen MR) is 50.6 cm³/mol. The van der Waals surface area contributed by atoms with Crippen molar-refractivity contribution in [3.05, 3.63) is 0 Å². The molecule has 0 spiro atoms. The van der Waals surface area contributed by atoms with E-state index in [1.807, 2.05) is 0 Å². The van der Waals surface area contributed by atoms with Gasteiger partial charge in [-0.15, -0.1) is 0 Å². The maximum atomic E-state index is 8.39. The van der Waals surface area contributed by atoms with Crippen LogP contribution >= 0.6 is 31.9 Å². The smallest absolute Gasteiger partial charge is 0.101 e. The van der Waals surface area contributed by atoms with Crippen molar-refractivity contribution in [2.45, 2.75) is 30.5 Å². The quantitative estimate of drug-likeness (QED) is 0.555. The summed E-state index contributed by atoms with van der Waals surface area (Å²) < 4.78 is 0. The molecule has 0 aliphatic rings. The van der Waals surface area contributed by atoms with Crippen LogP contribution in [0, 0.1) is 11.3 Å². The van der Waals surface area contributed by atoms with Gasteiger partial charge in [-0.2, -0.15) is 5.26 Å². The third-order valence-electron chi connectivity index (χ3n) is 1.23. The Morgan fingerprint density at radius 2 is 2.00 bits per heavy atom. The number of alkyl halides is 2. The van der Waals surface area contributed by atoms with Gasteiger partial charge in [-0.3, -0.25) is 0 Å². The van der Waals surface area contributed by atoms with Crippen molar-refractivity contribution in [2.24, 2.45) is 0 Å². The number of rotatable bonds is 5. The van der Waals surface area contributed by atoms with E-state index in [2.05, 4.69) is 37.9 Å². The molecule has 1 nitrogen and oxygen atoms in total. The van der Waals surface area contributed by atoms with E-state index in [1.165, 1.54) is 12.8 Å². The second-order valence-electron chi connectivity index (χ2n) is 2.13. The molecule has 0 saturated heterocycles. The normalized spacial score (nSPS) is 12.5. The largest absolute Gasteiger partial charge is 0.197 e. The Morgan fingerprint density at radius 3 is 2.50 bits per heavy atom. The first-order valence-corrected chi connectivity index (χ1v) is 5.44. The molecule has 0 aliphatic carbocycles. The van der Waals surface area contributed by atoms with Gasteiger partial charge in [0.15, 0.2) is 0 Å². The van der Waals surface area contributed by atoms with Gasteiger partial charge in [0.1, 0.15) is 4.83 Å². The maximum absolute atomic E-state index is 8.39. The van der Waals surface area contributed by atoms with Crippen molar-refractivity contribution < 1.29 is 0 Å². The van der Waals surface area contributed by atoms with Crippen LogP contribution in [0.1, 0.15) is 25.7 Å². The van der Waals surface area contributed by atoms with Crippen molar-refractivity contribution in [2.75, 3.05) is 5.33 Å². The Morgan fingerprint density at radius 1 is 1.30 bits per heavy atom. The van der Waals surface area contributed by atoms with Crippen molar-refractivity contribution in [3.8, 4) is 6.07 Å². The summed E-state index contributed by atoms with van der Waals surface area (Å²) >= 11 is 6.61. The zero-order chi connectivity index (χ0) is 7.82. The van der Waals surface area contributed by atoms with Gasteiger partial charge in [0, 0.05) is 5.33 Å². The van der Waals surface area contributed by atoms with Crippen LogP contribution in [0.25, 0.3) is 0 Å². The molecule has 10 heavy (non-hydrogen) atoms. The Labute approximate surface area is 79.1 Å². The molecule has 0 aromatic rings. The fourth-order valence-corrected chi connectivity index (χ4v) is 1.38. The summed E-state index contributed by atoms with van der Waals surface area (Å²) in [6.45, 7) is 0. The number of unbranched alkanes of at least 4 members (excludes halogenated alkanes) is 2. The van der Waals surface area contributed by atoms with E-state index in [9.17, 15) is 0 Å². The molecule has 0 fully saturated rings. The molecule has 0 amide bonds. The Balaban J connectivity index is 2.98. The van der Waals surface area contributed by atoms with Crippen LogP contribution in [0.15, 0.2) is 0 Å². The maximum Gasteiger partial charge on any atom is 0.101 e. The third-order valence-corrected chi connectivity index (χ3v) is 2.45. The third kappa shape index (κ3) is 6.57. The van der Waals surface area contributed by atoms with E-state index in [0.717, 1.165) is 18.2 Å². The van der Waals surface area contributed by atoms with Crippen molar-refractivity contribution in [1.29, 1.82) is 5.26 Å². The molecule has 1 atom stereocenters. The minimum atomic E-state index is 0.0582. The molecule has 0 N–H and O–H groups in total. The molecule has 0 aliphatic heterocycles. The van der Waals surface area contributed by atoms with Gasteiger partial charge in [0.2, 0.25) is 0 Å². The van der Waals surface area contributed by atoms with Crippen LogP contribution in [-0.2, 0) is 0 Å². The topological polar surface area (TPSA) is 23.8 Å². The summed E-state index contributed by atoms with van der Waals surface area (Å²) in [6.07, 6.45) is 4.55. The summed E-state index contributed by atoms with van der Waals surface area (Å²) in [5.74, 6) is 0. The standard InChI is InChI=1S/C7H11Br2N/c8-5-3-1-2-4-7(9)6-10/h7H,1-5H2. The van der Waals surface area contributed by atoms with E-state index in [-0.39, 0.29) is 4.83 Å². The molecule has 0 aromatic carbocycles. The number of nitriles is 1. The van der Waals surface area contributed by atoms with Gasteiger partial charge >= 0.3 is 0 Å². The summed E-state index contributed by atoms with van der Waals surface area (Å²) in [4.78, 5) is 0.0582. The first-order valence-electron chi connectivity index (χ1n) is 3.41. The highest BCUT2D eigenvalue weighted by atomic mass is 79.9. The zero-order valence-electron chi connectivity index (χ0n) is 5.82. The van der Waals surface area contributed by atoms with Gasteiger partial charge in [-0.25, -0.2) is 0 Å². The minimum absolute atomic E-state index is 0.0582. The molecule has 3 heteroatoms. The van der Waals surface area contributed by atoms with Crippen LogP contribution in [-0.4, -0.2) is 10.2 Å². The van der Waals surface area contributed by atoms with E-state index < -0.39 is 0 Å². The molecule has 0 aromatic heterocycles. The summed E-state index contributed by atoms with van der Waals surface area (Å²) in [7, 11) is 0. The molecule has 58 valence electrons. The molecular weight excluding hydrogens is 258 g/mol. The van der Waals surface area contributed by atoms with Crippen LogP contribution in [0.2, 0.25) is 0 Å². The summed E-state index contributed by atoms with van der Waals surface area (Å²) in [6, 6.07) is 2.15. The first-order chi connectivity index (χ1) is 4.81. The number of nitrogens with zero attached hydrogens (tertiary/aromatic N) is 1. The molecule has 1 unspecified atom stereocenters.